The average Bonchev–Trinajstić information content (AvgIpc) is 2.78. The minimum atomic E-state index is -1.11. The summed E-state index contributed by atoms with van der Waals surface area (Å²) in [5.74, 6) is -0.623. The first kappa shape index (κ1) is 16.5. The first-order chi connectivity index (χ1) is 9.62. The van der Waals surface area contributed by atoms with E-state index < -0.39 is 11.9 Å². The van der Waals surface area contributed by atoms with Gasteiger partial charge in [0.25, 0.3) is 0 Å². The molecule has 0 aliphatic heterocycles. The number of aryl methyl sites for hydroxylation is 1. The topological polar surface area (TPSA) is 38.0 Å². The van der Waals surface area contributed by atoms with E-state index in [1.54, 1.807) is 24.0 Å². The van der Waals surface area contributed by atoms with Crippen molar-refractivity contribution >= 4 is 27.5 Å². The summed E-state index contributed by atoms with van der Waals surface area (Å²) in [6, 6.07) is 3.15. The Bertz CT molecular complexity index is 679. The van der Waals surface area contributed by atoms with Gasteiger partial charge in [0, 0.05) is 34.3 Å². The van der Waals surface area contributed by atoms with Gasteiger partial charge in [-0.25, -0.2) is 4.39 Å². The third-order valence-electron chi connectivity index (χ3n) is 3.22. The molecular weight excluding hydrogens is 359 g/mol. The molecule has 0 amide bonds. The maximum Gasteiger partial charge on any atom is 0.149 e. The van der Waals surface area contributed by atoms with Gasteiger partial charge in [-0.05, 0) is 22.0 Å². The van der Waals surface area contributed by atoms with Crippen LogP contribution in [0.5, 0.6) is 0 Å². The van der Waals surface area contributed by atoms with E-state index in [1.807, 2.05) is 20.8 Å². The maximum atomic E-state index is 14.3. The van der Waals surface area contributed by atoms with Gasteiger partial charge in [0.1, 0.15) is 11.9 Å². The molecular formula is C15H17BrClFN2O. The van der Waals surface area contributed by atoms with Crippen molar-refractivity contribution in [2.75, 3.05) is 0 Å². The average molecular weight is 376 g/mol. The highest BCUT2D eigenvalue weighted by Gasteiger charge is 2.28. The summed E-state index contributed by atoms with van der Waals surface area (Å²) in [6.45, 7) is 5.99. The van der Waals surface area contributed by atoms with Crippen LogP contribution < -0.4 is 0 Å². The highest BCUT2D eigenvalue weighted by Crippen LogP contribution is 2.36. The Morgan fingerprint density at radius 2 is 1.95 bits per heavy atom. The van der Waals surface area contributed by atoms with Gasteiger partial charge in [0.15, 0.2) is 0 Å². The molecule has 0 bridgehead atoms. The Labute approximate surface area is 136 Å². The Kier molecular flexibility index (Phi) is 4.47. The van der Waals surface area contributed by atoms with Crippen molar-refractivity contribution in [2.24, 2.45) is 7.05 Å². The van der Waals surface area contributed by atoms with E-state index in [1.165, 1.54) is 6.07 Å². The van der Waals surface area contributed by atoms with E-state index in [2.05, 4.69) is 21.0 Å². The fourth-order valence-electron chi connectivity index (χ4n) is 2.21. The van der Waals surface area contributed by atoms with Gasteiger partial charge < -0.3 is 5.11 Å². The zero-order chi connectivity index (χ0) is 15.9. The zero-order valence-electron chi connectivity index (χ0n) is 12.3. The van der Waals surface area contributed by atoms with E-state index in [0.717, 1.165) is 5.69 Å². The molecule has 1 aromatic carbocycles. The molecule has 0 fully saturated rings. The summed E-state index contributed by atoms with van der Waals surface area (Å²) in [4.78, 5) is 0. The van der Waals surface area contributed by atoms with Crippen LogP contribution in [0.2, 0.25) is 5.02 Å². The van der Waals surface area contributed by atoms with Crippen LogP contribution in [0.25, 0.3) is 0 Å². The molecule has 1 unspecified atom stereocenters. The van der Waals surface area contributed by atoms with Crippen LogP contribution in [0, 0.1) is 5.82 Å². The largest absolute Gasteiger partial charge is 0.383 e. The van der Waals surface area contributed by atoms with Crippen molar-refractivity contribution in [1.29, 1.82) is 0 Å². The second-order valence-corrected chi connectivity index (χ2v) is 7.26. The third kappa shape index (κ3) is 3.15. The lowest BCUT2D eigenvalue weighted by Gasteiger charge is -2.20. The van der Waals surface area contributed by atoms with Crippen molar-refractivity contribution < 1.29 is 9.50 Å². The molecule has 6 heteroatoms. The van der Waals surface area contributed by atoms with Gasteiger partial charge in [0.05, 0.1) is 10.7 Å². The van der Waals surface area contributed by atoms with E-state index in [0.29, 0.717) is 10.0 Å². The Balaban J connectivity index is 2.56. The smallest absolute Gasteiger partial charge is 0.149 e. The molecule has 0 saturated carbocycles. The van der Waals surface area contributed by atoms with Crippen molar-refractivity contribution in [2.45, 2.75) is 32.3 Å². The zero-order valence-corrected chi connectivity index (χ0v) is 14.6. The summed E-state index contributed by atoms with van der Waals surface area (Å²) in [7, 11) is 1.77. The van der Waals surface area contributed by atoms with Crippen molar-refractivity contribution in [1.82, 2.24) is 9.78 Å². The van der Waals surface area contributed by atoms with E-state index in [4.69, 9.17) is 11.6 Å². The fraction of sp³-hybridized carbons (Fsp3) is 0.400. The number of benzene rings is 1. The first-order valence-corrected chi connectivity index (χ1v) is 7.65. The highest BCUT2D eigenvalue weighted by molar-refractivity contribution is 9.10. The second kappa shape index (κ2) is 5.71. The monoisotopic (exact) mass is 374 g/mol. The summed E-state index contributed by atoms with van der Waals surface area (Å²) < 4.78 is 16.4. The third-order valence-corrected chi connectivity index (χ3v) is 4.48. The molecule has 1 atom stereocenters. The van der Waals surface area contributed by atoms with Crippen LogP contribution in [0.1, 0.15) is 43.7 Å². The molecule has 2 rings (SSSR count). The maximum absolute atomic E-state index is 14.3. The minimum absolute atomic E-state index is 0.0345. The molecule has 2 aromatic rings. The molecule has 0 aliphatic rings. The van der Waals surface area contributed by atoms with Gasteiger partial charge in [-0.1, -0.05) is 38.4 Å². The Morgan fingerprint density at radius 3 is 2.52 bits per heavy atom. The van der Waals surface area contributed by atoms with E-state index >= 15 is 0 Å². The molecule has 21 heavy (non-hydrogen) atoms. The van der Waals surface area contributed by atoms with Crippen molar-refractivity contribution in [3.8, 4) is 0 Å². The van der Waals surface area contributed by atoms with Gasteiger partial charge in [0.2, 0.25) is 0 Å². The number of hydrogen-bond acceptors (Lipinski definition) is 2. The predicted octanol–water partition coefficient (Wildman–Crippen LogP) is 4.35. The quantitative estimate of drug-likeness (QED) is 0.792. The number of nitrogens with zero attached hydrogens (tertiary/aromatic N) is 2. The molecule has 3 nitrogen and oxygen atoms in total. The number of rotatable bonds is 2. The lowest BCUT2D eigenvalue weighted by atomic mass is 9.87. The molecule has 1 heterocycles. The molecule has 1 aromatic heterocycles. The highest BCUT2D eigenvalue weighted by atomic mass is 79.9. The molecule has 1 N–H and O–H groups in total. The molecule has 0 spiro atoms. The molecule has 0 aliphatic carbocycles. The van der Waals surface area contributed by atoms with Crippen LogP contribution in [-0.2, 0) is 12.5 Å². The summed E-state index contributed by atoms with van der Waals surface area (Å²) in [5.41, 5.74) is 1.20. The van der Waals surface area contributed by atoms with Crippen LogP contribution in [0.15, 0.2) is 22.8 Å². The van der Waals surface area contributed by atoms with Gasteiger partial charge in [-0.2, -0.15) is 5.10 Å². The molecule has 114 valence electrons. The second-order valence-electron chi connectivity index (χ2n) is 6.02. The molecule has 0 saturated heterocycles. The Morgan fingerprint density at radius 1 is 1.33 bits per heavy atom. The number of halogens is 3. The van der Waals surface area contributed by atoms with E-state index in [9.17, 15) is 9.50 Å². The lowest BCUT2D eigenvalue weighted by molar-refractivity contribution is 0.212. The Hall–Kier alpha value is -0.910. The van der Waals surface area contributed by atoms with Crippen LogP contribution >= 0.6 is 27.5 Å². The number of aliphatic hydroxyl groups is 1. The first-order valence-electron chi connectivity index (χ1n) is 6.48. The standard InChI is InChI=1S/C15H17BrClFN2O/c1-15(2,3)14-9(7-20(4)19-14)13(21)8-5-6-10(16)11(17)12(8)18/h5-7,13,21H,1-4H3. The fourth-order valence-corrected chi connectivity index (χ4v) is 2.69. The number of aromatic nitrogens is 2. The number of aliphatic hydroxyl groups excluding tert-OH is 1. The summed E-state index contributed by atoms with van der Waals surface area (Å²) in [5, 5.41) is 14.9. The molecule has 0 radical (unpaired) electrons. The number of hydrogen-bond donors (Lipinski definition) is 1. The van der Waals surface area contributed by atoms with Crippen LogP contribution in [-0.4, -0.2) is 14.9 Å². The summed E-state index contributed by atoms with van der Waals surface area (Å²) in [6.07, 6.45) is 0.596. The van der Waals surface area contributed by atoms with Crippen LogP contribution in [0.4, 0.5) is 4.39 Å². The summed E-state index contributed by atoms with van der Waals surface area (Å²) >= 11 is 9.06. The minimum Gasteiger partial charge on any atom is -0.383 e. The van der Waals surface area contributed by atoms with Gasteiger partial charge >= 0.3 is 0 Å². The normalized spacial score (nSPS) is 13.5. The van der Waals surface area contributed by atoms with Crippen molar-refractivity contribution in [3.05, 3.63) is 50.5 Å². The SMILES string of the molecule is Cn1cc(C(O)c2ccc(Br)c(Cl)c2F)c(C(C)(C)C)n1. The van der Waals surface area contributed by atoms with E-state index in [-0.39, 0.29) is 16.0 Å². The lowest BCUT2D eigenvalue weighted by Crippen LogP contribution is -2.17. The van der Waals surface area contributed by atoms with Crippen molar-refractivity contribution in [3.63, 3.8) is 0 Å². The van der Waals surface area contributed by atoms with Gasteiger partial charge in [-0.3, -0.25) is 4.68 Å². The van der Waals surface area contributed by atoms with Crippen LogP contribution in [0.3, 0.4) is 0 Å². The van der Waals surface area contributed by atoms with Gasteiger partial charge in [-0.15, -0.1) is 0 Å². The predicted molar refractivity (Wildman–Crippen MR) is 85.1 cm³/mol.